The zero-order valence-corrected chi connectivity index (χ0v) is 8.64. The van der Waals surface area contributed by atoms with Crippen LogP contribution < -0.4 is 5.32 Å². The normalized spacial score (nSPS) is 12.2. The second-order valence-corrected chi connectivity index (χ2v) is 5.09. The number of hydrogen-bond donors (Lipinski definition) is 1. The third-order valence-corrected chi connectivity index (χ3v) is 3.24. The molecule has 1 N–H and O–H groups in total. The molecule has 0 aromatic rings. The van der Waals surface area contributed by atoms with E-state index in [1.807, 2.05) is 0 Å². The number of hydrogen-bond acceptors (Lipinski definition) is 4. The smallest absolute Gasteiger partial charge is 0.290 e. The zero-order valence-electron chi connectivity index (χ0n) is 7.83. The number of amides is 1. The van der Waals surface area contributed by atoms with Crippen molar-refractivity contribution in [3.8, 4) is 0 Å². The van der Waals surface area contributed by atoms with Crippen LogP contribution in [-0.4, -0.2) is 26.3 Å². The SMILES string of the molecule is C=CC(=O)NC(C)(C)S(=O)(=O)OC. The summed E-state index contributed by atoms with van der Waals surface area (Å²) in [7, 11) is -2.74. The van der Waals surface area contributed by atoms with Crippen LogP contribution in [0.3, 0.4) is 0 Å². The second-order valence-electron chi connectivity index (χ2n) is 2.82. The summed E-state index contributed by atoms with van der Waals surface area (Å²) in [6, 6.07) is 0. The van der Waals surface area contributed by atoms with Gasteiger partial charge in [-0.25, -0.2) is 0 Å². The predicted octanol–water partition coefficient (Wildman–Crippen LogP) is 0.000900. The lowest BCUT2D eigenvalue weighted by Gasteiger charge is -2.23. The number of rotatable bonds is 4. The van der Waals surface area contributed by atoms with E-state index in [1.165, 1.54) is 13.8 Å². The van der Waals surface area contributed by atoms with Crippen molar-refractivity contribution in [3.63, 3.8) is 0 Å². The zero-order chi connectivity index (χ0) is 10.7. The molecule has 0 saturated carbocycles. The molecule has 0 heterocycles. The van der Waals surface area contributed by atoms with Crippen LogP contribution in [-0.2, 0) is 19.1 Å². The summed E-state index contributed by atoms with van der Waals surface area (Å²) in [6.45, 7) is 5.86. The molecule has 0 saturated heterocycles. The molecule has 6 heteroatoms. The van der Waals surface area contributed by atoms with Crippen LogP contribution in [0.25, 0.3) is 0 Å². The minimum absolute atomic E-state index is 0.564. The van der Waals surface area contributed by atoms with Crippen LogP contribution in [0.4, 0.5) is 0 Å². The Labute approximate surface area is 77.9 Å². The van der Waals surface area contributed by atoms with Crippen molar-refractivity contribution in [2.24, 2.45) is 0 Å². The lowest BCUT2D eigenvalue weighted by molar-refractivity contribution is -0.117. The van der Waals surface area contributed by atoms with E-state index < -0.39 is 20.9 Å². The summed E-state index contributed by atoms with van der Waals surface area (Å²) in [5.41, 5.74) is 0. The van der Waals surface area contributed by atoms with Gasteiger partial charge in [0.2, 0.25) is 5.91 Å². The molecular weight excluding hydrogens is 194 g/mol. The average molecular weight is 207 g/mol. The maximum atomic E-state index is 11.2. The molecule has 5 nitrogen and oxygen atoms in total. The van der Waals surface area contributed by atoms with E-state index in [1.54, 1.807) is 0 Å². The minimum atomic E-state index is -3.78. The molecule has 0 aliphatic rings. The van der Waals surface area contributed by atoms with Crippen LogP contribution in [0.5, 0.6) is 0 Å². The van der Waals surface area contributed by atoms with E-state index in [9.17, 15) is 13.2 Å². The van der Waals surface area contributed by atoms with E-state index >= 15 is 0 Å². The van der Waals surface area contributed by atoms with Gasteiger partial charge in [0.25, 0.3) is 10.1 Å². The van der Waals surface area contributed by atoms with Crippen LogP contribution in [0.2, 0.25) is 0 Å². The van der Waals surface area contributed by atoms with E-state index in [4.69, 9.17) is 0 Å². The summed E-state index contributed by atoms with van der Waals surface area (Å²) in [6.07, 6.45) is 0.993. The van der Waals surface area contributed by atoms with Gasteiger partial charge in [0, 0.05) is 0 Å². The molecule has 0 atom stereocenters. The van der Waals surface area contributed by atoms with Gasteiger partial charge in [0.05, 0.1) is 7.11 Å². The summed E-state index contributed by atoms with van der Waals surface area (Å²) in [5, 5.41) is 2.23. The highest BCUT2D eigenvalue weighted by Crippen LogP contribution is 2.13. The molecule has 0 aliphatic carbocycles. The first kappa shape index (κ1) is 12.1. The van der Waals surface area contributed by atoms with Gasteiger partial charge < -0.3 is 5.32 Å². The Hall–Kier alpha value is -0.880. The Morgan fingerprint density at radius 3 is 2.31 bits per heavy atom. The molecule has 0 spiro atoms. The molecule has 0 aromatic carbocycles. The molecule has 76 valence electrons. The Balaban J connectivity index is 4.78. The lowest BCUT2D eigenvalue weighted by atomic mass is 10.4. The fourth-order valence-electron chi connectivity index (χ4n) is 0.619. The quantitative estimate of drug-likeness (QED) is 0.520. The Morgan fingerprint density at radius 1 is 1.54 bits per heavy atom. The highest BCUT2D eigenvalue weighted by atomic mass is 32.2. The van der Waals surface area contributed by atoms with Crippen molar-refractivity contribution in [1.29, 1.82) is 0 Å². The predicted molar refractivity (Wildman–Crippen MR) is 48.3 cm³/mol. The first-order valence-electron chi connectivity index (χ1n) is 3.51. The molecule has 13 heavy (non-hydrogen) atoms. The van der Waals surface area contributed by atoms with Crippen molar-refractivity contribution < 1.29 is 17.4 Å². The monoisotopic (exact) mass is 207 g/mol. The van der Waals surface area contributed by atoms with Crippen LogP contribution in [0.1, 0.15) is 13.8 Å². The molecule has 0 unspecified atom stereocenters. The second kappa shape index (κ2) is 3.89. The van der Waals surface area contributed by atoms with Gasteiger partial charge in [0.15, 0.2) is 4.87 Å². The minimum Gasteiger partial charge on any atom is -0.332 e. The number of carbonyl (C=O) groups is 1. The topological polar surface area (TPSA) is 72.5 Å². The Bertz CT molecular complexity index is 304. The van der Waals surface area contributed by atoms with Crippen LogP contribution in [0, 0.1) is 0 Å². The van der Waals surface area contributed by atoms with Crippen LogP contribution in [0.15, 0.2) is 12.7 Å². The molecule has 0 bridgehead atoms. The van der Waals surface area contributed by atoms with Gasteiger partial charge in [-0.2, -0.15) is 8.42 Å². The van der Waals surface area contributed by atoms with Gasteiger partial charge in [-0.05, 0) is 19.9 Å². The van der Waals surface area contributed by atoms with Gasteiger partial charge in [0.1, 0.15) is 0 Å². The molecule has 0 rings (SSSR count). The van der Waals surface area contributed by atoms with Gasteiger partial charge in [-0.1, -0.05) is 6.58 Å². The molecule has 0 aromatic heterocycles. The van der Waals surface area contributed by atoms with Crippen molar-refractivity contribution in [1.82, 2.24) is 5.32 Å². The molecule has 0 radical (unpaired) electrons. The van der Waals surface area contributed by atoms with Crippen molar-refractivity contribution in [2.75, 3.05) is 7.11 Å². The maximum Gasteiger partial charge on any atom is 0.290 e. The molecule has 1 amide bonds. The molecule has 0 fully saturated rings. The maximum absolute atomic E-state index is 11.2. The fourth-order valence-corrected chi connectivity index (χ4v) is 1.26. The average Bonchev–Trinajstić information content (AvgIpc) is 2.03. The number of nitrogens with one attached hydrogen (secondary N) is 1. The third-order valence-electron chi connectivity index (χ3n) is 1.45. The Kier molecular flexibility index (Phi) is 3.62. The Morgan fingerprint density at radius 2 is 2.00 bits per heavy atom. The van der Waals surface area contributed by atoms with E-state index in [0.29, 0.717) is 0 Å². The number of carbonyl (C=O) groups excluding carboxylic acids is 1. The highest BCUT2D eigenvalue weighted by molar-refractivity contribution is 7.88. The van der Waals surface area contributed by atoms with Gasteiger partial charge in [-0.15, -0.1) is 0 Å². The van der Waals surface area contributed by atoms with Crippen molar-refractivity contribution in [2.45, 2.75) is 18.7 Å². The van der Waals surface area contributed by atoms with Gasteiger partial charge >= 0.3 is 0 Å². The summed E-state index contributed by atoms with van der Waals surface area (Å²) < 4.78 is 26.7. The largest absolute Gasteiger partial charge is 0.332 e. The summed E-state index contributed by atoms with van der Waals surface area (Å²) >= 11 is 0. The summed E-state index contributed by atoms with van der Waals surface area (Å²) in [5.74, 6) is -0.564. The molecule has 0 aliphatic heterocycles. The van der Waals surface area contributed by atoms with E-state index in [-0.39, 0.29) is 0 Å². The van der Waals surface area contributed by atoms with Crippen LogP contribution >= 0.6 is 0 Å². The first-order valence-corrected chi connectivity index (χ1v) is 4.92. The highest BCUT2D eigenvalue weighted by Gasteiger charge is 2.35. The lowest BCUT2D eigenvalue weighted by Crippen LogP contribution is -2.49. The van der Waals surface area contributed by atoms with Crippen molar-refractivity contribution >= 4 is 16.0 Å². The molecular formula is C7H13NO4S. The standard InChI is InChI=1S/C7H13NO4S/c1-5-6(9)8-7(2,3)13(10,11)12-4/h5H,1H2,2-4H3,(H,8,9). The van der Waals surface area contributed by atoms with Gasteiger partial charge in [-0.3, -0.25) is 8.98 Å². The van der Waals surface area contributed by atoms with E-state index in [2.05, 4.69) is 16.1 Å². The summed E-state index contributed by atoms with van der Waals surface area (Å²) in [4.78, 5) is 9.39. The third kappa shape index (κ3) is 2.82. The van der Waals surface area contributed by atoms with Crippen molar-refractivity contribution in [3.05, 3.63) is 12.7 Å². The van der Waals surface area contributed by atoms with E-state index in [0.717, 1.165) is 13.2 Å². The first-order chi connectivity index (χ1) is 5.77. The fraction of sp³-hybridized carbons (Fsp3) is 0.571.